The zero-order valence-electron chi connectivity index (χ0n) is 5.66. The van der Waals surface area contributed by atoms with Crippen LogP contribution in [0.1, 0.15) is 18.7 Å². The number of nitrogens with one attached hydrogen (secondary N) is 1. The van der Waals surface area contributed by atoms with Crippen molar-refractivity contribution in [2.75, 3.05) is 0 Å². The van der Waals surface area contributed by atoms with E-state index < -0.39 is 0 Å². The Kier molecular flexibility index (Phi) is 2.03. The number of rotatable bonds is 2. The quantitative estimate of drug-likeness (QED) is 0.614. The molecule has 0 aliphatic carbocycles. The van der Waals surface area contributed by atoms with Gasteiger partial charge in [0, 0.05) is 24.4 Å². The van der Waals surface area contributed by atoms with E-state index in [1.54, 1.807) is 18.3 Å². The molecule has 0 aromatic carbocycles. The van der Waals surface area contributed by atoms with Gasteiger partial charge in [-0.25, -0.2) is 9.78 Å². The third kappa shape index (κ3) is 1.33. The molecule has 1 unspecified atom stereocenters. The van der Waals surface area contributed by atoms with Gasteiger partial charge in [0.05, 0.1) is 0 Å². The minimum Gasteiger partial charge on any atom is -0.348 e. The van der Waals surface area contributed by atoms with Crippen molar-refractivity contribution in [3.8, 4) is 0 Å². The molecule has 3 heteroatoms. The molecule has 0 radical (unpaired) electrons. The Morgan fingerprint density at radius 2 is 2.70 bits per heavy atom. The van der Waals surface area contributed by atoms with Gasteiger partial charge in [-0.05, 0) is 0 Å². The second kappa shape index (κ2) is 2.99. The van der Waals surface area contributed by atoms with Crippen molar-refractivity contribution in [2.24, 2.45) is 0 Å². The van der Waals surface area contributed by atoms with Gasteiger partial charge in [0.15, 0.2) is 0 Å². The van der Waals surface area contributed by atoms with Crippen molar-refractivity contribution in [3.05, 3.63) is 24.3 Å². The number of imidazole rings is 1. The van der Waals surface area contributed by atoms with Crippen molar-refractivity contribution in [3.63, 3.8) is 0 Å². The fourth-order valence-corrected chi connectivity index (χ4v) is 0.707. The number of nitrogens with zero attached hydrogens (tertiary/aromatic N) is 1. The maximum absolute atomic E-state index is 9.89. The van der Waals surface area contributed by atoms with Gasteiger partial charge in [0.1, 0.15) is 11.8 Å². The van der Waals surface area contributed by atoms with Crippen molar-refractivity contribution in [1.82, 2.24) is 9.97 Å². The molecule has 10 heavy (non-hydrogen) atoms. The molecule has 0 aliphatic rings. The number of carbonyl (C=O) groups excluding carboxylic acids is 1. The Morgan fingerprint density at radius 1 is 1.90 bits per heavy atom. The predicted molar refractivity (Wildman–Crippen MR) is 37.3 cm³/mol. The van der Waals surface area contributed by atoms with Gasteiger partial charge in [0.2, 0.25) is 0 Å². The monoisotopic (exact) mass is 136 g/mol. The highest BCUT2D eigenvalue weighted by atomic mass is 16.1. The summed E-state index contributed by atoms with van der Waals surface area (Å²) in [6.45, 7) is 1.88. The molecule has 0 amide bonds. The topological polar surface area (TPSA) is 45.8 Å². The SMILES string of the molecule is CC(C=C=O)c1ncc[nH]1. The number of allylic oxidation sites excluding steroid dienone is 1. The lowest BCUT2D eigenvalue weighted by atomic mass is 10.2. The van der Waals surface area contributed by atoms with E-state index >= 15 is 0 Å². The Bertz CT molecular complexity index is 234. The molecule has 0 saturated heterocycles. The van der Waals surface area contributed by atoms with Crippen LogP contribution < -0.4 is 0 Å². The summed E-state index contributed by atoms with van der Waals surface area (Å²) >= 11 is 0. The van der Waals surface area contributed by atoms with Crippen molar-refractivity contribution in [1.29, 1.82) is 0 Å². The van der Waals surface area contributed by atoms with Crippen molar-refractivity contribution in [2.45, 2.75) is 12.8 Å². The minimum atomic E-state index is 0.0347. The molecule has 0 spiro atoms. The van der Waals surface area contributed by atoms with Gasteiger partial charge in [-0.15, -0.1) is 0 Å². The lowest BCUT2D eigenvalue weighted by molar-refractivity contribution is 0.567. The van der Waals surface area contributed by atoms with E-state index in [0.717, 1.165) is 5.82 Å². The summed E-state index contributed by atoms with van der Waals surface area (Å²) in [5, 5.41) is 0. The van der Waals surface area contributed by atoms with E-state index in [1.165, 1.54) is 6.08 Å². The van der Waals surface area contributed by atoms with Crippen LogP contribution in [0.2, 0.25) is 0 Å². The van der Waals surface area contributed by atoms with Gasteiger partial charge in [-0.2, -0.15) is 0 Å². The third-order valence-corrected chi connectivity index (χ3v) is 1.27. The Hall–Kier alpha value is -1.34. The van der Waals surface area contributed by atoms with Crippen molar-refractivity contribution >= 4 is 5.94 Å². The van der Waals surface area contributed by atoms with Gasteiger partial charge in [-0.1, -0.05) is 6.92 Å². The van der Waals surface area contributed by atoms with Crippen LogP contribution in [0.4, 0.5) is 0 Å². The molecule has 1 aromatic rings. The lowest BCUT2D eigenvalue weighted by Gasteiger charge is -1.96. The van der Waals surface area contributed by atoms with E-state index in [1.807, 2.05) is 6.92 Å². The van der Waals surface area contributed by atoms with Crippen LogP contribution in [0.15, 0.2) is 18.5 Å². The Morgan fingerprint density at radius 3 is 3.20 bits per heavy atom. The smallest absolute Gasteiger partial charge is 0.120 e. The van der Waals surface area contributed by atoms with Crippen LogP contribution in [0.5, 0.6) is 0 Å². The standard InChI is InChI=1S/C7H8N2O/c1-6(2-5-10)7-8-3-4-9-7/h2-4,6H,1H3,(H,8,9). The molecular weight excluding hydrogens is 128 g/mol. The molecule has 1 aromatic heterocycles. The van der Waals surface area contributed by atoms with Crippen LogP contribution in [-0.2, 0) is 4.79 Å². The number of H-pyrrole nitrogens is 1. The average Bonchev–Trinajstić information content (AvgIpc) is 2.38. The second-order valence-electron chi connectivity index (χ2n) is 2.05. The summed E-state index contributed by atoms with van der Waals surface area (Å²) in [7, 11) is 0. The van der Waals surface area contributed by atoms with Crippen LogP contribution in [-0.4, -0.2) is 15.9 Å². The molecule has 1 atom stereocenters. The van der Waals surface area contributed by atoms with E-state index in [2.05, 4.69) is 9.97 Å². The molecule has 0 fully saturated rings. The molecule has 0 aliphatic heterocycles. The Labute approximate surface area is 58.8 Å². The molecule has 52 valence electrons. The molecular formula is C7H8N2O. The highest BCUT2D eigenvalue weighted by Crippen LogP contribution is 2.08. The number of aromatic amines is 1. The first-order chi connectivity index (χ1) is 4.84. The first-order valence-electron chi connectivity index (χ1n) is 3.05. The lowest BCUT2D eigenvalue weighted by Crippen LogP contribution is -1.91. The van der Waals surface area contributed by atoms with Crippen LogP contribution in [0, 0.1) is 0 Å². The van der Waals surface area contributed by atoms with Crippen LogP contribution >= 0.6 is 0 Å². The van der Waals surface area contributed by atoms with Gasteiger partial charge >= 0.3 is 0 Å². The van der Waals surface area contributed by atoms with E-state index in [9.17, 15) is 4.79 Å². The van der Waals surface area contributed by atoms with E-state index in [-0.39, 0.29) is 5.92 Å². The predicted octanol–water partition coefficient (Wildman–Crippen LogP) is 0.901. The molecule has 1 heterocycles. The largest absolute Gasteiger partial charge is 0.348 e. The van der Waals surface area contributed by atoms with Crippen molar-refractivity contribution < 1.29 is 4.79 Å². The summed E-state index contributed by atoms with van der Waals surface area (Å²) in [6.07, 6.45) is 4.81. The molecule has 3 nitrogen and oxygen atoms in total. The maximum atomic E-state index is 9.89. The van der Waals surface area contributed by atoms with E-state index in [0.29, 0.717) is 0 Å². The summed E-state index contributed by atoms with van der Waals surface area (Å²) in [4.78, 5) is 16.8. The molecule has 1 rings (SSSR count). The minimum absolute atomic E-state index is 0.0347. The zero-order chi connectivity index (χ0) is 7.40. The molecule has 0 saturated carbocycles. The summed E-state index contributed by atoms with van der Waals surface area (Å²) in [5.74, 6) is 2.55. The number of hydrogen-bond acceptors (Lipinski definition) is 2. The highest BCUT2D eigenvalue weighted by molar-refractivity contribution is 5.47. The average molecular weight is 136 g/mol. The Balaban J connectivity index is 2.76. The summed E-state index contributed by atoms with van der Waals surface area (Å²) in [6, 6.07) is 0. The first-order valence-corrected chi connectivity index (χ1v) is 3.05. The second-order valence-corrected chi connectivity index (χ2v) is 2.05. The molecule has 1 N–H and O–H groups in total. The number of hydrogen-bond donors (Lipinski definition) is 1. The fourth-order valence-electron chi connectivity index (χ4n) is 0.707. The summed E-state index contributed by atoms with van der Waals surface area (Å²) in [5.41, 5.74) is 0. The highest BCUT2D eigenvalue weighted by Gasteiger charge is 2.01. The van der Waals surface area contributed by atoms with Crippen LogP contribution in [0.25, 0.3) is 0 Å². The van der Waals surface area contributed by atoms with Crippen LogP contribution in [0.3, 0.4) is 0 Å². The van der Waals surface area contributed by atoms with E-state index in [4.69, 9.17) is 0 Å². The first kappa shape index (κ1) is 6.78. The molecule has 0 bridgehead atoms. The third-order valence-electron chi connectivity index (χ3n) is 1.27. The zero-order valence-corrected chi connectivity index (χ0v) is 5.66. The maximum Gasteiger partial charge on any atom is 0.120 e. The van der Waals surface area contributed by atoms with Gasteiger partial charge in [-0.3, -0.25) is 0 Å². The normalized spacial score (nSPS) is 12.1. The number of aromatic nitrogens is 2. The summed E-state index contributed by atoms with van der Waals surface area (Å²) < 4.78 is 0. The van der Waals surface area contributed by atoms with Gasteiger partial charge < -0.3 is 4.98 Å². The fraction of sp³-hybridized carbons (Fsp3) is 0.286. The van der Waals surface area contributed by atoms with Gasteiger partial charge in [0.25, 0.3) is 0 Å².